The summed E-state index contributed by atoms with van der Waals surface area (Å²) >= 11 is 0. The molecule has 1 aromatic heterocycles. The Morgan fingerprint density at radius 3 is 2.29 bits per heavy atom. The molecule has 124 valence electrons. The standard InChI is InChI=1S/C18H17N3.C3H8/c1-20-11-13-7-3-4-8-14(13)18-17(19-12-21(18)2)15-9-5-6-10-16(15)20;1-3-2/h3-10,12H,11H2,1-2H3;3H2,1-2H3. The van der Waals surface area contributed by atoms with Gasteiger partial charge in [0.05, 0.1) is 17.7 Å². The van der Waals surface area contributed by atoms with Crippen LogP contribution in [0.25, 0.3) is 22.5 Å². The maximum absolute atomic E-state index is 4.67. The van der Waals surface area contributed by atoms with Gasteiger partial charge < -0.3 is 9.47 Å². The number of aromatic nitrogens is 2. The fraction of sp³-hybridized carbons (Fsp3) is 0.286. The second-order valence-electron chi connectivity index (χ2n) is 6.29. The van der Waals surface area contributed by atoms with Gasteiger partial charge in [-0.1, -0.05) is 62.7 Å². The van der Waals surface area contributed by atoms with Gasteiger partial charge in [-0.3, -0.25) is 0 Å². The van der Waals surface area contributed by atoms with E-state index in [0.29, 0.717) is 0 Å². The molecule has 0 saturated heterocycles. The first-order chi connectivity index (χ1) is 11.7. The average Bonchev–Trinajstić information content (AvgIpc) is 2.96. The molecule has 3 nitrogen and oxygen atoms in total. The monoisotopic (exact) mass is 319 g/mol. The van der Waals surface area contributed by atoms with E-state index >= 15 is 0 Å². The Labute approximate surface area is 144 Å². The van der Waals surface area contributed by atoms with Crippen LogP contribution in [-0.2, 0) is 13.6 Å². The topological polar surface area (TPSA) is 21.1 Å². The molecule has 4 rings (SSSR count). The summed E-state index contributed by atoms with van der Waals surface area (Å²) in [4.78, 5) is 6.97. The number of anilines is 1. The van der Waals surface area contributed by atoms with Gasteiger partial charge in [-0.25, -0.2) is 4.98 Å². The molecule has 2 aromatic carbocycles. The van der Waals surface area contributed by atoms with Gasteiger partial charge in [-0.15, -0.1) is 0 Å². The van der Waals surface area contributed by atoms with Crippen molar-refractivity contribution in [3.63, 3.8) is 0 Å². The zero-order valence-corrected chi connectivity index (χ0v) is 15.0. The summed E-state index contributed by atoms with van der Waals surface area (Å²) in [5.74, 6) is 0. The Bertz CT molecular complexity index is 833. The van der Waals surface area contributed by atoms with Gasteiger partial charge in [0.1, 0.15) is 0 Å². The molecule has 0 fully saturated rings. The van der Waals surface area contributed by atoms with Crippen molar-refractivity contribution in [3.8, 4) is 22.5 Å². The zero-order valence-electron chi connectivity index (χ0n) is 15.0. The van der Waals surface area contributed by atoms with Crippen LogP contribution in [0.3, 0.4) is 0 Å². The number of aryl methyl sites for hydroxylation is 1. The van der Waals surface area contributed by atoms with Crippen LogP contribution >= 0.6 is 0 Å². The van der Waals surface area contributed by atoms with Crippen molar-refractivity contribution < 1.29 is 0 Å². The van der Waals surface area contributed by atoms with E-state index in [1.165, 1.54) is 34.5 Å². The van der Waals surface area contributed by atoms with Crippen molar-refractivity contribution in [1.29, 1.82) is 0 Å². The third-order valence-electron chi connectivity index (χ3n) is 4.19. The Kier molecular flexibility index (Phi) is 4.70. The molecule has 0 atom stereocenters. The van der Waals surface area contributed by atoms with Crippen LogP contribution in [0, 0.1) is 0 Å². The number of fused-ring (bicyclic) bond motifs is 5. The summed E-state index contributed by atoms with van der Waals surface area (Å²) < 4.78 is 2.12. The third kappa shape index (κ3) is 2.82. The maximum Gasteiger partial charge on any atom is 0.0984 e. The molecule has 0 amide bonds. The molecule has 0 N–H and O–H groups in total. The highest BCUT2D eigenvalue weighted by Gasteiger charge is 2.22. The zero-order chi connectivity index (χ0) is 17.1. The predicted molar refractivity (Wildman–Crippen MR) is 102 cm³/mol. The van der Waals surface area contributed by atoms with Crippen LogP contribution in [0.5, 0.6) is 0 Å². The normalized spacial score (nSPS) is 12.1. The lowest BCUT2D eigenvalue weighted by atomic mass is 9.96. The molecule has 0 saturated carbocycles. The Morgan fingerprint density at radius 2 is 1.54 bits per heavy atom. The van der Waals surface area contributed by atoms with Crippen molar-refractivity contribution in [2.45, 2.75) is 26.8 Å². The number of para-hydroxylation sites is 1. The van der Waals surface area contributed by atoms with Gasteiger partial charge in [0.2, 0.25) is 0 Å². The Morgan fingerprint density at radius 1 is 0.917 bits per heavy atom. The molecule has 1 aliphatic heterocycles. The molecular formula is C21H25N3. The van der Waals surface area contributed by atoms with Crippen molar-refractivity contribution >= 4 is 5.69 Å². The largest absolute Gasteiger partial charge is 0.370 e. The lowest BCUT2D eigenvalue weighted by Gasteiger charge is -2.26. The van der Waals surface area contributed by atoms with Crippen LogP contribution in [0.1, 0.15) is 25.8 Å². The molecule has 0 aliphatic carbocycles. The first-order valence-electron chi connectivity index (χ1n) is 8.57. The highest BCUT2D eigenvalue weighted by atomic mass is 15.1. The van der Waals surface area contributed by atoms with Gasteiger partial charge in [-0.05, 0) is 11.6 Å². The van der Waals surface area contributed by atoms with E-state index in [2.05, 4.69) is 90.9 Å². The second kappa shape index (κ2) is 6.91. The van der Waals surface area contributed by atoms with Crippen LogP contribution in [-0.4, -0.2) is 16.6 Å². The fourth-order valence-corrected chi connectivity index (χ4v) is 3.18. The summed E-state index contributed by atoms with van der Waals surface area (Å²) in [6.07, 6.45) is 3.16. The highest BCUT2D eigenvalue weighted by Crippen LogP contribution is 2.40. The summed E-state index contributed by atoms with van der Waals surface area (Å²) in [5.41, 5.74) is 7.29. The third-order valence-corrected chi connectivity index (χ3v) is 4.19. The van der Waals surface area contributed by atoms with Gasteiger partial charge in [0, 0.05) is 37.5 Å². The van der Waals surface area contributed by atoms with Crippen molar-refractivity contribution in [1.82, 2.24) is 9.55 Å². The number of imidazole rings is 1. The van der Waals surface area contributed by atoms with Gasteiger partial charge in [0.15, 0.2) is 0 Å². The summed E-state index contributed by atoms with van der Waals surface area (Å²) in [5, 5.41) is 0. The first kappa shape index (κ1) is 16.3. The highest BCUT2D eigenvalue weighted by molar-refractivity contribution is 5.88. The van der Waals surface area contributed by atoms with Crippen LogP contribution in [0.4, 0.5) is 5.69 Å². The Balaban J connectivity index is 0.000000526. The lowest BCUT2D eigenvalue weighted by Crippen LogP contribution is -2.19. The van der Waals surface area contributed by atoms with Crippen molar-refractivity contribution in [3.05, 3.63) is 60.4 Å². The minimum Gasteiger partial charge on any atom is -0.370 e. The number of nitrogens with zero attached hydrogens (tertiary/aromatic N) is 3. The summed E-state index contributed by atoms with van der Waals surface area (Å²) in [7, 11) is 4.21. The molecular weight excluding hydrogens is 294 g/mol. The van der Waals surface area contributed by atoms with Crippen LogP contribution in [0.2, 0.25) is 0 Å². The molecule has 2 heterocycles. The Hall–Kier alpha value is -2.55. The van der Waals surface area contributed by atoms with E-state index in [9.17, 15) is 0 Å². The molecule has 1 aliphatic rings. The second-order valence-corrected chi connectivity index (χ2v) is 6.29. The van der Waals surface area contributed by atoms with E-state index in [1.54, 1.807) is 0 Å². The minimum atomic E-state index is 0.901. The molecule has 24 heavy (non-hydrogen) atoms. The van der Waals surface area contributed by atoms with Crippen molar-refractivity contribution in [2.75, 3.05) is 11.9 Å². The lowest BCUT2D eigenvalue weighted by molar-refractivity contribution is 0.900. The molecule has 0 bridgehead atoms. The minimum absolute atomic E-state index is 0.901. The molecule has 3 aromatic rings. The van der Waals surface area contributed by atoms with Crippen LogP contribution in [0.15, 0.2) is 54.9 Å². The predicted octanol–water partition coefficient (Wildman–Crippen LogP) is 5.12. The maximum atomic E-state index is 4.67. The number of rotatable bonds is 0. The van der Waals surface area contributed by atoms with Gasteiger partial charge >= 0.3 is 0 Å². The smallest absolute Gasteiger partial charge is 0.0984 e. The van der Waals surface area contributed by atoms with E-state index in [1.807, 2.05) is 6.33 Å². The average molecular weight is 319 g/mol. The summed E-state index contributed by atoms with van der Waals surface area (Å²) in [6, 6.07) is 17.1. The summed E-state index contributed by atoms with van der Waals surface area (Å²) in [6.45, 7) is 5.15. The van der Waals surface area contributed by atoms with Gasteiger partial charge in [-0.2, -0.15) is 0 Å². The van der Waals surface area contributed by atoms with E-state index < -0.39 is 0 Å². The molecule has 0 unspecified atom stereocenters. The van der Waals surface area contributed by atoms with E-state index in [-0.39, 0.29) is 0 Å². The number of hydrogen-bond donors (Lipinski definition) is 0. The van der Waals surface area contributed by atoms with Crippen molar-refractivity contribution in [2.24, 2.45) is 7.05 Å². The van der Waals surface area contributed by atoms with E-state index in [4.69, 9.17) is 0 Å². The SMILES string of the molecule is CCC.CN1Cc2ccccc2-c2c(ncn2C)-c2ccccc21. The van der Waals surface area contributed by atoms with Gasteiger partial charge in [0.25, 0.3) is 0 Å². The fourth-order valence-electron chi connectivity index (χ4n) is 3.18. The van der Waals surface area contributed by atoms with E-state index in [0.717, 1.165) is 12.2 Å². The quantitative estimate of drug-likeness (QED) is 0.573. The van der Waals surface area contributed by atoms with Crippen LogP contribution < -0.4 is 4.90 Å². The first-order valence-corrected chi connectivity index (χ1v) is 8.57. The number of hydrogen-bond acceptors (Lipinski definition) is 2. The number of benzene rings is 2. The molecule has 0 spiro atoms. The molecule has 0 radical (unpaired) electrons. The molecule has 3 heteroatoms.